The van der Waals surface area contributed by atoms with Gasteiger partial charge in [-0.05, 0) is 30.5 Å². The highest BCUT2D eigenvalue weighted by molar-refractivity contribution is 7.09. The van der Waals surface area contributed by atoms with Gasteiger partial charge in [0.1, 0.15) is 12.3 Å². The van der Waals surface area contributed by atoms with Gasteiger partial charge in [-0.3, -0.25) is 14.2 Å². The number of carboxylic acids is 1. The quantitative estimate of drug-likeness (QED) is 0.935. The minimum atomic E-state index is -1.01. The molecule has 104 valence electrons. The van der Waals surface area contributed by atoms with Crippen LogP contribution in [0.15, 0.2) is 23.0 Å². The second-order valence-electron chi connectivity index (χ2n) is 4.64. The lowest BCUT2D eigenvalue weighted by molar-refractivity contribution is -0.137. The molecular formula is C14H13NO4S. The Morgan fingerprint density at radius 1 is 1.45 bits per heavy atom. The van der Waals surface area contributed by atoms with Crippen molar-refractivity contribution in [1.29, 1.82) is 0 Å². The number of aryl methyl sites for hydroxylation is 2. The number of methoxy groups -OCH3 is 1. The summed E-state index contributed by atoms with van der Waals surface area (Å²) in [5, 5.41) is 8.98. The summed E-state index contributed by atoms with van der Waals surface area (Å²) >= 11 is 1.14. The fraction of sp³-hybridized carbons (Fsp3) is 0.286. The summed E-state index contributed by atoms with van der Waals surface area (Å²) in [4.78, 5) is 23.7. The van der Waals surface area contributed by atoms with Crippen LogP contribution >= 0.6 is 11.3 Å². The van der Waals surface area contributed by atoms with E-state index < -0.39 is 5.97 Å². The number of aromatic nitrogens is 1. The zero-order valence-corrected chi connectivity index (χ0v) is 11.7. The van der Waals surface area contributed by atoms with Gasteiger partial charge in [0.05, 0.1) is 12.8 Å². The van der Waals surface area contributed by atoms with E-state index in [4.69, 9.17) is 9.84 Å². The first-order chi connectivity index (χ1) is 9.60. The largest absolute Gasteiger partial charge is 0.497 e. The average Bonchev–Trinajstić information content (AvgIpc) is 2.74. The van der Waals surface area contributed by atoms with E-state index in [0.717, 1.165) is 45.9 Å². The van der Waals surface area contributed by atoms with Crippen LogP contribution in [0.4, 0.5) is 0 Å². The van der Waals surface area contributed by atoms with Gasteiger partial charge in [-0.15, -0.1) is 0 Å². The van der Waals surface area contributed by atoms with Gasteiger partial charge >= 0.3 is 10.8 Å². The summed E-state index contributed by atoms with van der Waals surface area (Å²) in [6.45, 7) is -0.304. The topological polar surface area (TPSA) is 68.5 Å². The van der Waals surface area contributed by atoms with E-state index in [9.17, 15) is 9.59 Å². The normalized spacial score (nSPS) is 12.7. The van der Waals surface area contributed by atoms with Crippen molar-refractivity contribution in [1.82, 2.24) is 4.57 Å². The number of thiazole rings is 1. The lowest BCUT2D eigenvalue weighted by atomic mass is 9.93. The van der Waals surface area contributed by atoms with Gasteiger partial charge < -0.3 is 9.84 Å². The molecule has 0 radical (unpaired) electrons. The van der Waals surface area contributed by atoms with E-state index >= 15 is 0 Å². The van der Waals surface area contributed by atoms with Gasteiger partial charge in [0.2, 0.25) is 0 Å². The first-order valence-corrected chi connectivity index (χ1v) is 7.03. The van der Waals surface area contributed by atoms with Crippen LogP contribution in [0.3, 0.4) is 0 Å². The molecule has 1 aromatic heterocycles. The fourth-order valence-corrected chi connectivity index (χ4v) is 3.56. The first-order valence-electron chi connectivity index (χ1n) is 6.21. The lowest BCUT2D eigenvalue weighted by Crippen LogP contribution is -2.20. The molecule has 6 heteroatoms. The van der Waals surface area contributed by atoms with Crippen molar-refractivity contribution in [2.75, 3.05) is 7.11 Å². The highest BCUT2D eigenvalue weighted by Crippen LogP contribution is 2.36. The number of nitrogens with zero attached hydrogens (tertiary/aromatic N) is 1. The van der Waals surface area contributed by atoms with E-state index in [1.165, 1.54) is 4.57 Å². The van der Waals surface area contributed by atoms with Crippen LogP contribution in [0, 0.1) is 0 Å². The van der Waals surface area contributed by atoms with Crippen molar-refractivity contribution in [3.8, 4) is 17.0 Å². The number of hydrogen-bond donors (Lipinski definition) is 1. The van der Waals surface area contributed by atoms with Crippen molar-refractivity contribution < 1.29 is 14.6 Å². The molecule has 20 heavy (non-hydrogen) atoms. The molecule has 0 atom stereocenters. The molecule has 0 saturated carbocycles. The SMILES string of the molecule is COc1ccc2c(c1)-c1c(sc(=O)n1CC(=O)O)CC2. The third-order valence-electron chi connectivity index (χ3n) is 3.45. The van der Waals surface area contributed by atoms with Crippen molar-refractivity contribution in [3.63, 3.8) is 0 Å². The summed E-state index contributed by atoms with van der Waals surface area (Å²) in [7, 11) is 1.59. The maximum absolute atomic E-state index is 12.0. The van der Waals surface area contributed by atoms with Crippen LogP contribution in [0.1, 0.15) is 10.4 Å². The molecule has 0 fully saturated rings. The van der Waals surface area contributed by atoms with Crippen molar-refractivity contribution in [3.05, 3.63) is 38.3 Å². The van der Waals surface area contributed by atoms with E-state index in [1.807, 2.05) is 18.2 Å². The molecule has 0 unspecified atom stereocenters. The summed E-state index contributed by atoms with van der Waals surface area (Å²) in [6, 6.07) is 5.73. The Balaban J connectivity index is 2.23. The Bertz CT molecular complexity index is 744. The molecule has 1 aromatic carbocycles. The molecule has 1 aliphatic carbocycles. The fourth-order valence-electron chi connectivity index (χ4n) is 2.56. The number of hydrogen-bond acceptors (Lipinski definition) is 4. The maximum Gasteiger partial charge on any atom is 0.323 e. The lowest BCUT2D eigenvalue weighted by Gasteiger charge is -2.18. The number of benzene rings is 1. The van der Waals surface area contributed by atoms with E-state index in [-0.39, 0.29) is 11.4 Å². The van der Waals surface area contributed by atoms with Crippen molar-refractivity contribution in [2.24, 2.45) is 0 Å². The minimum absolute atomic E-state index is 0.215. The molecule has 0 bridgehead atoms. The summed E-state index contributed by atoms with van der Waals surface area (Å²) in [5.74, 6) is -0.306. The molecule has 0 spiro atoms. The van der Waals surface area contributed by atoms with E-state index in [2.05, 4.69) is 0 Å². The molecule has 3 rings (SSSR count). The molecule has 5 nitrogen and oxygen atoms in total. The molecule has 0 amide bonds. The monoisotopic (exact) mass is 291 g/mol. The number of rotatable bonds is 3. The van der Waals surface area contributed by atoms with Crippen LogP contribution < -0.4 is 9.61 Å². The Morgan fingerprint density at radius 3 is 2.95 bits per heavy atom. The predicted octanol–water partition coefficient (Wildman–Crippen LogP) is 1.77. The standard InChI is InChI=1S/C14H13NO4S/c1-19-9-4-2-8-3-5-11-13(10(8)6-9)15(7-12(16)17)14(18)20-11/h2,4,6H,3,5,7H2,1H3,(H,16,17). The summed E-state index contributed by atoms with van der Waals surface area (Å²) in [6.07, 6.45) is 1.64. The third-order valence-corrected chi connectivity index (χ3v) is 4.49. The van der Waals surface area contributed by atoms with Gasteiger partial charge in [0, 0.05) is 10.4 Å². The number of carbonyl (C=O) groups is 1. The Morgan fingerprint density at radius 2 is 2.25 bits per heavy atom. The number of fused-ring (bicyclic) bond motifs is 3. The van der Waals surface area contributed by atoms with Crippen LogP contribution in [0.5, 0.6) is 5.75 Å². The highest BCUT2D eigenvalue weighted by Gasteiger charge is 2.24. The van der Waals surface area contributed by atoms with Crippen LogP contribution in [-0.4, -0.2) is 22.8 Å². The van der Waals surface area contributed by atoms with Gasteiger partial charge in [-0.25, -0.2) is 0 Å². The van der Waals surface area contributed by atoms with Gasteiger partial charge in [-0.1, -0.05) is 17.4 Å². The smallest absolute Gasteiger partial charge is 0.323 e. The van der Waals surface area contributed by atoms with E-state index in [0.29, 0.717) is 5.75 Å². The van der Waals surface area contributed by atoms with E-state index in [1.54, 1.807) is 7.11 Å². The van der Waals surface area contributed by atoms with Gasteiger partial charge in [0.15, 0.2) is 0 Å². The molecule has 2 aromatic rings. The maximum atomic E-state index is 12.0. The Kier molecular flexibility index (Phi) is 3.10. The van der Waals surface area contributed by atoms with Crippen LogP contribution in [0.2, 0.25) is 0 Å². The zero-order valence-electron chi connectivity index (χ0n) is 10.9. The number of carboxylic acid groups (broad SMARTS) is 1. The highest BCUT2D eigenvalue weighted by atomic mass is 32.1. The molecule has 0 aliphatic heterocycles. The van der Waals surface area contributed by atoms with Gasteiger partial charge in [0.25, 0.3) is 0 Å². The minimum Gasteiger partial charge on any atom is -0.497 e. The summed E-state index contributed by atoms with van der Waals surface area (Å²) in [5.41, 5.74) is 2.77. The molecule has 1 aliphatic rings. The Labute approximate surface area is 119 Å². The first kappa shape index (κ1) is 12.9. The predicted molar refractivity (Wildman–Crippen MR) is 75.6 cm³/mol. The molecular weight excluding hydrogens is 278 g/mol. The molecule has 0 saturated heterocycles. The van der Waals surface area contributed by atoms with Gasteiger partial charge in [-0.2, -0.15) is 0 Å². The van der Waals surface area contributed by atoms with Crippen LogP contribution in [0.25, 0.3) is 11.3 Å². The van der Waals surface area contributed by atoms with Crippen molar-refractivity contribution in [2.45, 2.75) is 19.4 Å². The second kappa shape index (κ2) is 4.79. The average molecular weight is 291 g/mol. The Hall–Kier alpha value is -2.08. The number of aliphatic carboxylic acids is 1. The molecule has 1 heterocycles. The molecule has 1 N–H and O–H groups in total. The summed E-state index contributed by atoms with van der Waals surface area (Å²) < 4.78 is 6.57. The van der Waals surface area contributed by atoms with Crippen LogP contribution in [-0.2, 0) is 24.2 Å². The number of ether oxygens (including phenoxy) is 1. The van der Waals surface area contributed by atoms with Crippen molar-refractivity contribution >= 4 is 17.3 Å². The third kappa shape index (κ3) is 2.02. The zero-order chi connectivity index (χ0) is 14.3. The second-order valence-corrected chi connectivity index (χ2v) is 5.69.